The molecule has 2 N–H and O–H groups in total. The number of tetrazole rings is 1. The van der Waals surface area contributed by atoms with Crippen LogP contribution in [0.1, 0.15) is 5.76 Å². The Morgan fingerprint density at radius 3 is 3.00 bits per heavy atom. The van der Waals surface area contributed by atoms with Crippen LogP contribution in [-0.2, 0) is 17.9 Å². The Morgan fingerprint density at radius 2 is 2.26 bits per heavy atom. The molecule has 3 amide bonds. The third-order valence-corrected chi connectivity index (χ3v) is 3.46. The summed E-state index contributed by atoms with van der Waals surface area (Å²) in [5, 5.41) is 20.2. The summed E-state index contributed by atoms with van der Waals surface area (Å²) in [6, 6.07) is 4.66. The molecule has 0 aliphatic rings. The van der Waals surface area contributed by atoms with Gasteiger partial charge in [0.05, 0.1) is 12.8 Å². The Bertz CT molecular complexity index is 781. The van der Waals surface area contributed by atoms with Crippen LogP contribution in [0.25, 0.3) is 11.4 Å². The number of nitrogens with zero attached hydrogens (tertiary/aromatic N) is 4. The fourth-order valence-electron chi connectivity index (χ4n) is 1.74. The minimum atomic E-state index is -0.621. The molecule has 10 heteroatoms. The number of hydrogen-bond acceptors (Lipinski definition) is 7. The van der Waals surface area contributed by atoms with Crippen LogP contribution in [0.2, 0.25) is 0 Å². The van der Waals surface area contributed by atoms with Crippen LogP contribution in [-0.4, -0.2) is 32.1 Å². The molecule has 3 aromatic heterocycles. The number of amides is 3. The highest BCUT2D eigenvalue weighted by Crippen LogP contribution is 2.16. The smallest absolute Gasteiger partial charge is 0.321 e. The van der Waals surface area contributed by atoms with Gasteiger partial charge < -0.3 is 9.73 Å². The second-order valence-corrected chi connectivity index (χ2v) is 5.25. The second-order valence-electron chi connectivity index (χ2n) is 4.47. The van der Waals surface area contributed by atoms with Gasteiger partial charge in [-0.05, 0) is 28.8 Å². The van der Waals surface area contributed by atoms with Gasteiger partial charge in [-0.25, -0.2) is 4.79 Å². The summed E-state index contributed by atoms with van der Waals surface area (Å²) in [5.41, 5.74) is 0.831. The van der Waals surface area contributed by atoms with Crippen molar-refractivity contribution in [3.8, 4) is 11.4 Å². The molecule has 0 unspecified atom stereocenters. The number of aromatic nitrogens is 4. The maximum Gasteiger partial charge on any atom is 0.321 e. The average Bonchev–Trinajstić information content (AvgIpc) is 3.26. The first kappa shape index (κ1) is 14.9. The number of carbonyl (C=O) groups is 2. The highest BCUT2D eigenvalue weighted by molar-refractivity contribution is 7.08. The molecule has 9 nitrogen and oxygen atoms in total. The molecule has 3 aromatic rings. The van der Waals surface area contributed by atoms with Crippen LogP contribution in [0.15, 0.2) is 39.6 Å². The largest absolute Gasteiger partial charge is 0.467 e. The van der Waals surface area contributed by atoms with E-state index in [4.69, 9.17) is 4.42 Å². The molecule has 0 saturated carbocycles. The minimum Gasteiger partial charge on any atom is -0.467 e. The summed E-state index contributed by atoms with van der Waals surface area (Å²) in [5.74, 6) is 0.475. The standard InChI is InChI=1S/C13H12N6O3S/c20-11(15-13(21)14-6-10-2-1-4-22-10)7-19-17-12(16-18-19)9-3-5-23-8-9/h1-5,8H,6-7H2,(H2,14,15,20,21). The van der Waals surface area contributed by atoms with Gasteiger partial charge in [0.25, 0.3) is 5.91 Å². The zero-order valence-corrected chi connectivity index (χ0v) is 12.6. The average molecular weight is 332 g/mol. The number of furan rings is 1. The van der Waals surface area contributed by atoms with Gasteiger partial charge in [0.15, 0.2) is 0 Å². The molecule has 0 aromatic carbocycles. The lowest BCUT2D eigenvalue weighted by Crippen LogP contribution is -2.40. The summed E-state index contributed by atoms with van der Waals surface area (Å²) in [6.45, 7) is -0.0126. The minimum absolute atomic E-state index is 0.190. The van der Waals surface area contributed by atoms with E-state index in [9.17, 15) is 9.59 Å². The first-order chi connectivity index (χ1) is 11.2. The maximum absolute atomic E-state index is 11.8. The molecule has 0 bridgehead atoms. The molecule has 0 spiro atoms. The zero-order chi connectivity index (χ0) is 16.1. The number of rotatable bonds is 5. The highest BCUT2D eigenvalue weighted by atomic mass is 32.1. The number of imide groups is 1. The van der Waals surface area contributed by atoms with Gasteiger partial charge in [-0.3, -0.25) is 10.1 Å². The van der Waals surface area contributed by atoms with E-state index in [0.29, 0.717) is 11.6 Å². The van der Waals surface area contributed by atoms with E-state index in [-0.39, 0.29) is 13.1 Å². The van der Waals surface area contributed by atoms with Crippen LogP contribution in [0, 0.1) is 0 Å². The van der Waals surface area contributed by atoms with Crippen molar-refractivity contribution in [2.24, 2.45) is 0 Å². The third-order valence-electron chi connectivity index (χ3n) is 2.77. The molecule has 118 valence electrons. The first-order valence-electron chi connectivity index (χ1n) is 6.61. The quantitative estimate of drug-likeness (QED) is 0.721. The van der Waals surface area contributed by atoms with Gasteiger partial charge >= 0.3 is 6.03 Å². The second kappa shape index (κ2) is 6.83. The number of nitrogens with one attached hydrogen (secondary N) is 2. The molecule has 0 saturated heterocycles. The molecule has 0 atom stereocenters. The number of urea groups is 1. The summed E-state index contributed by atoms with van der Waals surface area (Å²) >= 11 is 1.51. The van der Waals surface area contributed by atoms with Crippen molar-refractivity contribution in [3.63, 3.8) is 0 Å². The molecular formula is C13H12N6O3S. The monoisotopic (exact) mass is 332 g/mol. The Balaban J connectivity index is 1.48. The fraction of sp³-hybridized carbons (Fsp3) is 0.154. The fourth-order valence-corrected chi connectivity index (χ4v) is 2.37. The van der Waals surface area contributed by atoms with Gasteiger partial charge in [0.1, 0.15) is 12.3 Å². The Kier molecular flexibility index (Phi) is 4.43. The Morgan fingerprint density at radius 1 is 1.35 bits per heavy atom. The summed E-state index contributed by atoms with van der Waals surface area (Å²) in [4.78, 5) is 24.5. The van der Waals surface area contributed by atoms with Crippen LogP contribution in [0.4, 0.5) is 4.79 Å². The van der Waals surface area contributed by atoms with Crippen molar-refractivity contribution in [2.75, 3.05) is 0 Å². The van der Waals surface area contributed by atoms with Gasteiger partial charge in [-0.2, -0.15) is 16.1 Å². The first-order valence-corrected chi connectivity index (χ1v) is 7.55. The lowest BCUT2D eigenvalue weighted by atomic mass is 10.3. The van der Waals surface area contributed by atoms with Gasteiger partial charge in [-0.15, -0.1) is 10.2 Å². The predicted octanol–water partition coefficient (Wildman–Crippen LogP) is 1.02. The maximum atomic E-state index is 11.8. The van der Waals surface area contributed by atoms with Crippen molar-refractivity contribution in [1.82, 2.24) is 30.8 Å². The normalized spacial score (nSPS) is 10.4. The lowest BCUT2D eigenvalue weighted by molar-refractivity contribution is -0.121. The predicted molar refractivity (Wildman–Crippen MR) is 80.2 cm³/mol. The molecule has 0 fully saturated rings. The topological polar surface area (TPSA) is 115 Å². The van der Waals surface area contributed by atoms with Crippen molar-refractivity contribution in [2.45, 2.75) is 13.1 Å². The van der Waals surface area contributed by atoms with Crippen molar-refractivity contribution in [3.05, 3.63) is 41.0 Å². The molecule has 0 radical (unpaired) electrons. The van der Waals surface area contributed by atoms with Crippen molar-refractivity contribution < 1.29 is 14.0 Å². The summed E-state index contributed by atoms with van der Waals surface area (Å²) in [7, 11) is 0. The van der Waals surface area contributed by atoms with E-state index in [1.165, 1.54) is 17.6 Å². The van der Waals surface area contributed by atoms with E-state index < -0.39 is 11.9 Å². The van der Waals surface area contributed by atoms with Crippen molar-refractivity contribution in [1.29, 1.82) is 0 Å². The molecule has 0 aliphatic heterocycles. The molecule has 0 aliphatic carbocycles. The highest BCUT2D eigenvalue weighted by Gasteiger charge is 2.12. The number of carbonyl (C=O) groups excluding carboxylic acids is 2. The summed E-state index contributed by atoms with van der Waals surface area (Å²) in [6.07, 6.45) is 1.50. The van der Waals surface area contributed by atoms with E-state index >= 15 is 0 Å². The SMILES string of the molecule is O=C(Cn1nnc(-c2ccsc2)n1)NC(=O)NCc1ccco1. The van der Waals surface area contributed by atoms with Crippen LogP contribution in [0.3, 0.4) is 0 Å². The van der Waals surface area contributed by atoms with Crippen molar-refractivity contribution >= 4 is 23.3 Å². The Hall–Kier alpha value is -3.01. The number of thiophene rings is 1. The van der Waals surface area contributed by atoms with Crippen LogP contribution < -0.4 is 10.6 Å². The molecule has 23 heavy (non-hydrogen) atoms. The van der Waals surface area contributed by atoms with Gasteiger partial charge in [0, 0.05) is 10.9 Å². The van der Waals surface area contributed by atoms with E-state index in [0.717, 1.165) is 10.4 Å². The summed E-state index contributed by atoms with van der Waals surface area (Å²) < 4.78 is 5.06. The van der Waals surface area contributed by atoms with E-state index in [1.807, 2.05) is 16.8 Å². The third kappa shape index (κ3) is 4.01. The molecule has 3 rings (SSSR count). The van der Waals surface area contributed by atoms with E-state index in [1.54, 1.807) is 12.1 Å². The van der Waals surface area contributed by atoms with Crippen LogP contribution >= 0.6 is 11.3 Å². The van der Waals surface area contributed by atoms with E-state index in [2.05, 4.69) is 26.0 Å². The van der Waals surface area contributed by atoms with Gasteiger partial charge in [0.2, 0.25) is 5.82 Å². The van der Waals surface area contributed by atoms with Crippen LogP contribution in [0.5, 0.6) is 0 Å². The lowest BCUT2D eigenvalue weighted by Gasteiger charge is -2.04. The Labute approximate surface area is 134 Å². The number of hydrogen-bond donors (Lipinski definition) is 2. The van der Waals surface area contributed by atoms with Gasteiger partial charge in [-0.1, -0.05) is 0 Å². The molecular weight excluding hydrogens is 320 g/mol. The zero-order valence-electron chi connectivity index (χ0n) is 11.8. The molecule has 3 heterocycles.